The first-order chi connectivity index (χ1) is 11.5. The average Bonchev–Trinajstić information content (AvgIpc) is 3.12. The summed E-state index contributed by atoms with van der Waals surface area (Å²) in [5.41, 5.74) is 0.432. The summed E-state index contributed by atoms with van der Waals surface area (Å²) in [4.78, 5) is 24.0. The lowest BCUT2D eigenvalue weighted by atomic mass is 10.3. The number of aliphatic hydroxyl groups is 1. The Balaban J connectivity index is 1.55. The minimum absolute atomic E-state index is 0.158. The molecule has 1 unspecified atom stereocenters. The Morgan fingerprint density at radius 3 is 3.17 bits per heavy atom. The standard InChI is InChI=1S/C13H16N6O3S2/c1-7-16-17-13(24-7)23-3-2-14-11(21)9-4-10-12(22)15-5-8(20)6-19(10)18-9/h4,8,20H,2-3,5-6H2,1H3,(H,14,21)(H,15,22). The van der Waals surface area contributed by atoms with Crippen LogP contribution in [0.25, 0.3) is 0 Å². The summed E-state index contributed by atoms with van der Waals surface area (Å²) in [6.45, 7) is 2.68. The average molecular weight is 368 g/mol. The van der Waals surface area contributed by atoms with Crippen LogP contribution < -0.4 is 10.6 Å². The van der Waals surface area contributed by atoms with Crippen LogP contribution in [-0.2, 0) is 6.54 Å². The van der Waals surface area contributed by atoms with Gasteiger partial charge in [-0.2, -0.15) is 5.10 Å². The number of aryl methyl sites for hydroxylation is 1. The van der Waals surface area contributed by atoms with Crippen LogP contribution in [0.5, 0.6) is 0 Å². The van der Waals surface area contributed by atoms with Gasteiger partial charge in [-0.3, -0.25) is 14.3 Å². The van der Waals surface area contributed by atoms with Crippen LogP contribution in [0.4, 0.5) is 0 Å². The Labute approximate surface area is 145 Å². The predicted molar refractivity (Wildman–Crippen MR) is 88.3 cm³/mol. The van der Waals surface area contributed by atoms with Crippen molar-refractivity contribution in [1.29, 1.82) is 0 Å². The number of β-amino-alcohol motifs (C(OH)–C–C–N with tert-alkyl or cyclic N) is 1. The molecule has 9 nitrogen and oxygen atoms in total. The molecule has 1 atom stereocenters. The number of hydrogen-bond donors (Lipinski definition) is 3. The highest BCUT2D eigenvalue weighted by molar-refractivity contribution is 8.01. The normalized spacial score (nSPS) is 17.1. The molecule has 3 heterocycles. The number of rotatable bonds is 5. The number of thioether (sulfide) groups is 1. The number of aliphatic hydroxyl groups excluding tert-OH is 1. The van der Waals surface area contributed by atoms with E-state index in [0.29, 0.717) is 12.3 Å². The molecule has 128 valence electrons. The van der Waals surface area contributed by atoms with Gasteiger partial charge in [-0.15, -0.1) is 10.2 Å². The van der Waals surface area contributed by atoms with Crippen molar-refractivity contribution in [2.45, 2.75) is 23.9 Å². The van der Waals surface area contributed by atoms with Crippen LogP contribution in [0.15, 0.2) is 10.4 Å². The summed E-state index contributed by atoms with van der Waals surface area (Å²) in [6.07, 6.45) is -0.724. The second kappa shape index (κ2) is 7.28. The van der Waals surface area contributed by atoms with Gasteiger partial charge in [0.2, 0.25) is 0 Å². The molecular weight excluding hydrogens is 352 g/mol. The molecule has 2 aromatic rings. The fraction of sp³-hybridized carbons (Fsp3) is 0.462. The summed E-state index contributed by atoms with van der Waals surface area (Å²) in [7, 11) is 0. The summed E-state index contributed by atoms with van der Waals surface area (Å²) in [6, 6.07) is 1.43. The fourth-order valence-corrected chi connectivity index (χ4v) is 3.89. The molecule has 0 aliphatic carbocycles. The highest BCUT2D eigenvalue weighted by atomic mass is 32.2. The van der Waals surface area contributed by atoms with E-state index < -0.39 is 6.10 Å². The first kappa shape index (κ1) is 16.9. The van der Waals surface area contributed by atoms with Crippen molar-refractivity contribution < 1.29 is 14.7 Å². The van der Waals surface area contributed by atoms with Gasteiger partial charge in [0.25, 0.3) is 11.8 Å². The minimum atomic E-state index is -0.724. The maximum absolute atomic E-state index is 12.1. The Morgan fingerprint density at radius 2 is 2.42 bits per heavy atom. The monoisotopic (exact) mass is 368 g/mol. The first-order valence-corrected chi connectivity index (χ1v) is 9.08. The topological polar surface area (TPSA) is 122 Å². The molecule has 3 N–H and O–H groups in total. The van der Waals surface area contributed by atoms with Crippen molar-refractivity contribution in [3.63, 3.8) is 0 Å². The zero-order valence-corrected chi connectivity index (χ0v) is 14.5. The number of fused-ring (bicyclic) bond motifs is 1. The van der Waals surface area contributed by atoms with Crippen LogP contribution in [0, 0.1) is 6.92 Å². The van der Waals surface area contributed by atoms with Gasteiger partial charge in [-0.1, -0.05) is 23.1 Å². The van der Waals surface area contributed by atoms with Crippen LogP contribution in [0.2, 0.25) is 0 Å². The predicted octanol–water partition coefficient (Wildman–Crippen LogP) is -0.331. The molecule has 0 saturated heterocycles. The first-order valence-electron chi connectivity index (χ1n) is 7.28. The zero-order valence-electron chi connectivity index (χ0n) is 12.9. The highest BCUT2D eigenvalue weighted by Crippen LogP contribution is 2.21. The highest BCUT2D eigenvalue weighted by Gasteiger charge is 2.24. The van der Waals surface area contributed by atoms with Crippen molar-refractivity contribution in [3.05, 3.63) is 22.5 Å². The van der Waals surface area contributed by atoms with E-state index in [1.165, 1.54) is 33.8 Å². The third kappa shape index (κ3) is 3.91. The third-order valence-corrected chi connectivity index (χ3v) is 5.22. The number of amides is 2. The Morgan fingerprint density at radius 1 is 1.58 bits per heavy atom. The van der Waals surface area contributed by atoms with E-state index >= 15 is 0 Å². The maximum atomic E-state index is 12.1. The minimum Gasteiger partial charge on any atom is -0.389 e. The van der Waals surface area contributed by atoms with Crippen molar-refractivity contribution in [1.82, 2.24) is 30.6 Å². The number of hydrogen-bond acceptors (Lipinski definition) is 8. The fourth-order valence-electron chi connectivity index (χ4n) is 2.15. The van der Waals surface area contributed by atoms with Gasteiger partial charge in [-0.25, -0.2) is 0 Å². The molecule has 24 heavy (non-hydrogen) atoms. The SMILES string of the molecule is Cc1nnc(SCCNC(=O)c2cc3n(n2)CC(O)CNC3=O)s1. The van der Waals surface area contributed by atoms with E-state index in [1.54, 1.807) is 0 Å². The third-order valence-electron chi connectivity index (χ3n) is 3.25. The molecule has 0 bridgehead atoms. The van der Waals surface area contributed by atoms with Gasteiger partial charge < -0.3 is 15.7 Å². The summed E-state index contributed by atoms with van der Waals surface area (Å²) in [5, 5.41) is 28.0. The van der Waals surface area contributed by atoms with E-state index in [2.05, 4.69) is 25.9 Å². The van der Waals surface area contributed by atoms with Crippen LogP contribution in [0.1, 0.15) is 26.0 Å². The van der Waals surface area contributed by atoms with E-state index in [1.807, 2.05) is 6.92 Å². The van der Waals surface area contributed by atoms with Gasteiger partial charge >= 0.3 is 0 Å². The quantitative estimate of drug-likeness (QED) is 0.488. The molecule has 0 saturated carbocycles. The molecule has 1 aliphatic rings. The van der Waals surface area contributed by atoms with Gasteiger partial charge in [0, 0.05) is 24.9 Å². The van der Waals surface area contributed by atoms with Crippen LogP contribution >= 0.6 is 23.1 Å². The lowest BCUT2D eigenvalue weighted by Crippen LogP contribution is -2.30. The Bertz CT molecular complexity index is 759. The van der Waals surface area contributed by atoms with Crippen LogP contribution in [-0.4, -0.2) is 61.8 Å². The van der Waals surface area contributed by atoms with Gasteiger partial charge in [0.15, 0.2) is 10.0 Å². The number of aromatic nitrogens is 4. The van der Waals surface area contributed by atoms with E-state index in [0.717, 1.165) is 9.35 Å². The van der Waals surface area contributed by atoms with Crippen molar-refractivity contribution in [2.24, 2.45) is 0 Å². The summed E-state index contributed by atoms with van der Waals surface area (Å²) in [5.74, 6) is -0.0418. The number of nitrogens with one attached hydrogen (secondary N) is 2. The van der Waals surface area contributed by atoms with Crippen LogP contribution in [0.3, 0.4) is 0 Å². The van der Waals surface area contributed by atoms with Gasteiger partial charge in [0.1, 0.15) is 10.7 Å². The smallest absolute Gasteiger partial charge is 0.271 e. The molecule has 0 fully saturated rings. The number of carbonyl (C=O) groups is 2. The van der Waals surface area contributed by atoms with Gasteiger partial charge in [-0.05, 0) is 6.92 Å². The molecule has 1 aliphatic heterocycles. The van der Waals surface area contributed by atoms with Gasteiger partial charge in [0.05, 0.1) is 12.6 Å². The molecule has 2 aromatic heterocycles. The largest absolute Gasteiger partial charge is 0.389 e. The zero-order chi connectivity index (χ0) is 17.1. The molecule has 0 radical (unpaired) electrons. The summed E-state index contributed by atoms with van der Waals surface area (Å²) >= 11 is 3.02. The summed E-state index contributed by atoms with van der Waals surface area (Å²) < 4.78 is 2.22. The van der Waals surface area contributed by atoms with E-state index in [-0.39, 0.29) is 36.3 Å². The number of nitrogens with zero attached hydrogens (tertiary/aromatic N) is 4. The molecular formula is C13H16N6O3S2. The molecule has 11 heteroatoms. The molecule has 3 rings (SSSR count). The maximum Gasteiger partial charge on any atom is 0.271 e. The van der Waals surface area contributed by atoms with E-state index in [9.17, 15) is 14.7 Å². The van der Waals surface area contributed by atoms with Crippen molar-refractivity contribution in [3.8, 4) is 0 Å². The second-order valence-corrected chi connectivity index (χ2v) is 7.68. The lowest BCUT2D eigenvalue weighted by Gasteiger charge is -2.06. The Hall–Kier alpha value is -1.98. The van der Waals surface area contributed by atoms with E-state index in [4.69, 9.17) is 0 Å². The Kier molecular flexibility index (Phi) is 5.11. The van der Waals surface area contributed by atoms with Crippen molar-refractivity contribution >= 4 is 34.9 Å². The molecule has 0 spiro atoms. The second-order valence-electron chi connectivity index (χ2n) is 5.15. The molecule has 2 amide bonds. The van der Waals surface area contributed by atoms with Crippen molar-refractivity contribution in [2.75, 3.05) is 18.8 Å². The molecule has 0 aromatic carbocycles. The lowest BCUT2D eigenvalue weighted by molar-refractivity contribution is 0.0931. The number of carbonyl (C=O) groups excluding carboxylic acids is 2.